The number of fused-ring (bicyclic) bond motifs is 1. The smallest absolute Gasteiger partial charge is 0.122 e. The van der Waals surface area contributed by atoms with Gasteiger partial charge in [0.25, 0.3) is 0 Å². The van der Waals surface area contributed by atoms with Crippen LogP contribution in [0.2, 0.25) is 0 Å². The summed E-state index contributed by atoms with van der Waals surface area (Å²) in [7, 11) is 0. The van der Waals surface area contributed by atoms with Crippen molar-refractivity contribution in [2.45, 2.75) is 0 Å². The molecule has 4 aromatic rings. The van der Waals surface area contributed by atoms with Crippen molar-refractivity contribution in [3.8, 4) is 22.3 Å². The molecule has 136 valence electrons. The summed E-state index contributed by atoms with van der Waals surface area (Å²) in [5, 5.41) is 17.3. The van der Waals surface area contributed by atoms with Gasteiger partial charge in [0.1, 0.15) is 11.7 Å². The van der Waals surface area contributed by atoms with E-state index in [0.29, 0.717) is 0 Å². The highest BCUT2D eigenvalue weighted by Gasteiger charge is 2.05. The maximum atomic E-state index is 7.65. The van der Waals surface area contributed by atoms with Crippen molar-refractivity contribution in [1.29, 1.82) is 10.8 Å². The standard InChI is InChI=1S/C24H20N4/c25-23(26)17-8-4-15(5-9-17)18-2-1-3-19(12-18)20-10-6-16-7-11-21(24(27)28)14-22(16)13-20/h1-14H,(H3,25,26)(H3,27,28). The fourth-order valence-corrected chi connectivity index (χ4v) is 3.31. The number of amidine groups is 2. The lowest BCUT2D eigenvalue weighted by molar-refractivity contribution is 1.42. The number of benzene rings is 4. The maximum absolute atomic E-state index is 7.65. The van der Waals surface area contributed by atoms with Crippen molar-refractivity contribution in [1.82, 2.24) is 0 Å². The van der Waals surface area contributed by atoms with Crippen molar-refractivity contribution in [2.75, 3.05) is 0 Å². The Hall–Kier alpha value is -3.92. The Balaban J connectivity index is 1.74. The van der Waals surface area contributed by atoms with Gasteiger partial charge in [-0.05, 0) is 51.2 Å². The Bertz CT molecular complexity index is 1210. The summed E-state index contributed by atoms with van der Waals surface area (Å²) in [4.78, 5) is 0. The quantitative estimate of drug-likeness (QED) is 0.310. The Labute approximate surface area is 163 Å². The van der Waals surface area contributed by atoms with Crippen LogP contribution in [-0.2, 0) is 0 Å². The van der Waals surface area contributed by atoms with Crippen LogP contribution in [0.3, 0.4) is 0 Å². The molecule has 4 rings (SSSR count). The molecule has 4 heteroatoms. The molecule has 0 aliphatic rings. The topological polar surface area (TPSA) is 99.7 Å². The largest absolute Gasteiger partial charge is 0.384 e. The average Bonchev–Trinajstić information content (AvgIpc) is 2.73. The molecule has 0 radical (unpaired) electrons. The zero-order chi connectivity index (χ0) is 19.7. The summed E-state index contributed by atoms with van der Waals surface area (Å²) < 4.78 is 0. The first-order valence-electron chi connectivity index (χ1n) is 8.95. The fourth-order valence-electron chi connectivity index (χ4n) is 3.31. The average molecular weight is 364 g/mol. The van der Waals surface area contributed by atoms with Crippen LogP contribution >= 0.6 is 0 Å². The zero-order valence-electron chi connectivity index (χ0n) is 15.2. The second kappa shape index (κ2) is 7.00. The molecule has 0 aromatic heterocycles. The second-order valence-corrected chi connectivity index (χ2v) is 6.76. The molecule has 4 aromatic carbocycles. The molecule has 0 bridgehead atoms. The third-order valence-electron chi connectivity index (χ3n) is 4.88. The minimum atomic E-state index is 0.0707. The van der Waals surface area contributed by atoms with E-state index in [1.54, 1.807) is 0 Å². The lowest BCUT2D eigenvalue weighted by Crippen LogP contribution is -2.10. The van der Waals surface area contributed by atoms with Crippen molar-refractivity contribution < 1.29 is 0 Å². The van der Waals surface area contributed by atoms with Gasteiger partial charge in [-0.2, -0.15) is 0 Å². The van der Waals surface area contributed by atoms with Crippen LogP contribution in [-0.4, -0.2) is 11.7 Å². The lowest BCUT2D eigenvalue weighted by atomic mass is 9.96. The van der Waals surface area contributed by atoms with E-state index in [1.807, 2.05) is 48.5 Å². The van der Waals surface area contributed by atoms with Gasteiger partial charge in [0.15, 0.2) is 0 Å². The molecule has 0 aliphatic heterocycles. The lowest BCUT2D eigenvalue weighted by Gasteiger charge is -2.09. The van der Waals surface area contributed by atoms with Crippen LogP contribution in [0.25, 0.3) is 33.0 Å². The van der Waals surface area contributed by atoms with E-state index in [9.17, 15) is 0 Å². The van der Waals surface area contributed by atoms with Gasteiger partial charge in [-0.15, -0.1) is 0 Å². The molecule has 0 saturated heterocycles. The fraction of sp³-hybridized carbons (Fsp3) is 0. The van der Waals surface area contributed by atoms with Gasteiger partial charge in [-0.1, -0.05) is 66.7 Å². The monoisotopic (exact) mass is 364 g/mol. The molecular formula is C24H20N4. The van der Waals surface area contributed by atoms with E-state index in [4.69, 9.17) is 22.3 Å². The van der Waals surface area contributed by atoms with Gasteiger partial charge in [-0.25, -0.2) is 0 Å². The summed E-state index contributed by atoms with van der Waals surface area (Å²) >= 11 is 0. The molecule has 0 unspecified atom stereocenters. The minimum Gasteiger partial charge on any atom is -0.384 e. The van der Waals surface area contributed by atoms with Crippen LogP contribution in [0.15, 0.2) is 84.9 Å². The van der Waals surface area contributed by atoms with Crippen LogP contribution in [0.5, 0.6) is 0 Å². The molecule has 0 heterocycles. The first kappa shape index (κ1) is 17.5. The number of hydrogen-bond donors (Lipinski definition) is 4. The molecule has 0 fully saturated rings. The van der Waals surface area contributed by atoms with E-state index in [-0.39, 0.29) is 11.7 Å². The van der Waals surface area contributed by atoms with Crippen LogP contribution in [0.1, 0.15) is 11.1 Å². The number of nitrogens with one attached hydrogen (secondary N) is 2. The summed E-state index contributed by atoms with van der Waals surface area (Å²) in [5.74, 6) is 0.143. The highest BCUT2D eigenvalue weighted by molar-refractivity contribution is 6.00. The molecule has 28 heavy (non-hydrogen) atoms. The molecule has 0 spiro atoms. The predicted molar refractivity (Wildman–Crippen MR) is 117 cm³/mol. The highest BCUT2D eigenvalue weighted by Crippen LogP contribution is 2.29. The van der Waals surface area contributed by atoms with Gasteiger partial charge >= 0.3 is 0 Å². The molecule has 0 aliphatic carbocycles. The van der Waals surface area contributed by atoms with E-state index < -0.39 is 0 Å². The molecular weight excluding hydrogens is 344 g/mol. The van der Waals surface area contributed by atoms with E-state index >= 15 is 0 Å². The Kier molecular flexibility index (Phi) is 4.38. The van der Waals surface area contributed by atoms with Crippen molar-refractivity contribution in [3.63, 3.8) is 0 Å². The molecule has 4 nitrogen and oxygen atoms in total. The first-order valence-corrected chi connectivity index (χ1v) is 8.95. The predicted octanol–water partition coefficient (Wildman–Crippen LogP) is 4.74. The highest BCUT2D eigenvalue weighted by atomic mass is 14.7. The minimum absolute atomic E-state index is 0.0707. The third-order valence-corrected chi connectivity index (χ3v) is 4.88. The Morgan fingerprint density at radius 1 is 0.500 bits per heavy atom. The van der Waals surface area contributed by atoms with E-state index in [1.165, 1.54) is 0 Å². The van der Waals surface area contributed by atoms with Gasteiger partial charge in [0.05, 0.1) is 0 Å². The summed E-state index contributed by atoms with van der Waals surface area (Å²) in [5.41, 5.74) is 17.0. The summed E-state index contributed by atoms with van der Waals surface area (Å²) in [6.45, 7) is 0. The van der Waals surface area contributed by atoms with Crippen LogP contribution < -0.4 is 11.5 Å². The number of nitrogen functional groups attached to an aromatic ring is 2. The van der Waals surface area contributed by atoms with Crippen molar-refractivity contribution >= 4 is 22.4 Å². The van der Waals surface area contributed by atoms with Gasteiger partial charge < -0.3 is 11.5 Å². The zero-order valence-corrected chi connectivity index (χ0v) is 15.2. The molecule has 6 N–H and O–H groups in total. The SMILES string of the molecule is N=C(N)c1ccc(-c2cccc(-c3ccc4ccc(C(=N)N)cc4c3)c2)cc1. The number of rotatable bonds is 4. The Morgan fingerprint density at radius 2 is 1.04 bits per heavy atom. The van der Waals surface area contributed by atoms with Gasteiger partial charge in [0.2, 0.25) is 0 Å². The summed E-state index contributed by atoms with van der Waals surface area (Å²) in [6.07, 6.45) is 0. The van der Waals surface area contributed by atoms with Gasteiger partial charge in [-0.3, -0.25) is 10.8 Å². The second-order valence-electron chi connectivity index (χ2n) is 6.76. The molecule has 0 amide bonds. The molecule has 0 atom stereocenters. The number of hydrogen-bond acceptors (Lipinski definition) is 2. The van der Waals surface area contributed by atoms with Crippen molar-refractivity contribution in [2.24, 2.45) is 11.5 Å². The first-order chi connectivity index (χ1) is 13.5. The maximum Gasteiger partial charge on any atom is 0.122 e. The molecule has 0 saturated carbocycles. The summed E-state index contributed by atoms with van der Waals surface area (Å²) in [6, 6.07) is 28.2. The van der Waals surface area contributed by atoms with Crippen LogP contribution in [0, 0.1) is 10.8 Å². The number of nitrogens with two attached hydrogens (primary N) is 2. The van der Waals surface area contributed by atoms with E-state index in [2.05, 4.69) is 36.4 Å². The van der Waals surface area contributed by atoms with E-state index in [0.717, 1.165) is 44.2 Å². The van der Waals surface area contributed by atoms with Crippen molar-refractivity contribution in [3.05, 3.63) is 96.1 Å². The Morgan fingerprint density at radius 3 is 1.71 bits per heavy atom. The van der Waals surface area contributed by atoms with Crippen LogP contribution in [0.4, 0.5) is 0 Å². The van der Waals surface area contributed by atoms with Gasteiger partial charge in [0, 0.05) is 11.1 Å². The third kappa shape index (κ3) is 3.35. The normalized spacial score (nSPS) is 10.7.